The summed E-state index contributed by atoms with van der Waals surface area (Å²) in [6.07, 6.45) is 8.94. The third-order valence-electron chi connectivity index (χ3n) is 6.35. The van der Waals surface area contributed by atoms with Crippen LogP contribution in [0.25, 0.3) is 0 Å². The predicted octanol–water partition coefficient (Wildman–Crippen LogP) is 3.46. The van der Waals surface area contributed by atoms with E-state index in [0.717, 1.165) is 13.0 Å². The summed E-state index contributed by atoms with van der Waals surface area (Å²) in [5.41, 5.74) is 5.38. The fourth-order valence-electron chi connectivity index (χ4n) is 4.24. The van der Waals surface area contributed by atoms with Crippen LogP contribution >= 0.6 is 0 Å². The van der Waals surface area contributed by atoms with Crippen molar-refractivity contribution in [3.05, 3.63) is 47.5 Å². The van der Waals surface area contributed by atoms with Crippen molar-refractivity contribution < 1.29 is 19.4 Å². The Balaban J connectivity index is 0.000000407. The molecule has 4 rings (SSSR count). The Morgan fingerprint density at radius 3 is 2.14 bits per heavy atom. The van der Waals surface area contributed by atoms with Crippen LogP contribution in [0.4, 0.5) is 16.0 Å². The second kappa shape index (κ2) is 13.3. The number of benzene rings is 1. The molecule has 4 N–H and O–H groups in total. The van der Waals surface area contributed by atoms with Crippen molar-refractivity contribution in [1.82, 2.24) is 9.97 Å². The Kier molecular flexibility index (Phi) is 10.9. The normalized spacial score (nSPS) is 16.5. The van der Waals surface area contributed by atoms with Crippen LogP contribution in [0, 0.1) is 11.7 Å². The Labute approximate surface area is 208 Å². The van der Waals surface area contributed by atoms with E-state index in [1.165, 1.54) is 50.4 Å². The molecule has 1 aliphatic heterocycles. The third kappa shape index (κ3) is 8.43. The highest BCUT2D eigenvalue weighted by Crippen LogP contribution is 2.27. The number of piperazine rings is 1. The molecule has 1 amide bonds. The molecule has 2 fully saturated rings. The minimum atomic E-state index is -1.08. The van der Waals surface area contributed by atoms with E-state index in [1.54, 1.807) is 26.0 Å². The Morgan fingerprint density at radius 1 is 1.06 bits per heavy atom. The lowest BCUT2D eigenvalue weighted by molar-refractivity contribution is 0.0782. The average Bonchev–Trinajstić information content (AvgIpc) is 2.86. The van der Waals surface area contributed by atoms with E-state index in [0.29, 0.717) is 43.4 Å². The largest absolute Gasteiger partial charge is 0.400 e. The van der Waals surface area contributed by atoms with Crippen LogP contribution in [0.5, 0.6) is 0 Å². The highest BCUT2D eigenvalue weighted by atomic mass is 19.1. The summed E-state index contributed by atoms with van der Waals surface area (Å²) >= 11 is 0. The van der Waals surface area contributed by atoms with Gasteiger partial charge in [-0.2, -0.15) is 0 Å². The van der Waals surface area contributed by atoms with Crippen molar-refractivity contribution in [3.63, 3.8) is 0 Å². The van der Waals surface area contributed by atoms with Crippen molar-refractivity contribution in [2.75, 3.05) is 43.1 Å². The molecular weight excluding hydrogens is 449 g/mol. The van der Waals surface area contributed by atoms with Crippen LogP contribution in [0.1, 0.15) is 68.9 Å². The number of carbonyl (C=O) groups is 1. The second-order valence-corrected chi connectivity index (χ2v) is 9.55. The summed E-state index contributed by atoms with van der Waals surface area (Å²) in [5, 5.41) is 17.0. The van der Waals surface area contributed by atoms with Gasteiger partial charge in [-0.1, -0.05) is 45.1 Å². The van der Waals surface area contributed by atoms with Gasteiger partial charge >= 0.3 is 0 Å². The van der Waals surface area contributed by atoms with Crippen LogP contribution in [-0.4, -0.2) is 59.4 Å². The quantitative estimate of drug-likeness (QED) is 0.602. The third-order valence-corrected chi connectivity index (χ3v) is 6.35. The molecule has 1 aliphatic carbocycles. The molecule has 194 valence electrons. The average molecular weight is 490 g/mol. The van der Waals surface area contributed by atoms with Crippen LogP contribution in [-0.2, 0) is 5.60 Å². The number of nitrogens with two attached hydrogens (primary N) is 1. The second-order valence-electron chi connectivity index (χ2n) is 9.55. The molecule has 35 heavy (non-hydrogen) atoms. The van der Waals surface area contributed by atoms with Crippen molar-refractivity contribution in [1.29, 1.82) is 0 Å². The highest BCUT2D eigenvalue weighted by molar-refractivity contribution is 5.90. The van der Waals surface area contributed by atoms with Crippen molar-refractivity contribution in [3.8, 4) is 0 Å². The lowest BCUT2D eigenvalue weighted by Crippen LogP contribution is -2.47. The summed E-state index contributed by atoms with van der Waals surface area (Å²) in [7, 11) is 1.00. The van der Waals surface area contributed by atoms with Crippen LogP contribution in [0.15, 0.2) is 30.5 Å². The monoisotopic (exact) mass is 489 g/mol. The van der Waals surface area contributed by atoms with Gasteiger partial charge < -0.3 is 25.7 Å². The first-order chi connectivity index (χ1) is 16.6. The minimum absolute atomic E-state index is 0.172. The maximum absolute atomic E-state index is 14.5. The van der Waals surface area contributed by atoms with E-state index >= 15 is 0 Å². The highest BCUT2D eigenvalue weighted by Gasteiger charge is 2.23. The number of aliphatic hydroxyl groups is 2. The fourth-order valence-corrected chi connectivity index (χ4v) is 4.24. The minimum Gasteiger partial charge on any atom is -0.400 e. The molecule has 1 saturated heterocycles. The zero-order valence-electron chi connectivity index (χ0n) is 21.4. The summed E-state index contributed by atoms with van der Waals surface area (Å²) < 4.78 is 14.5. The van der Waals surface area contributed by atoms with Gasteiger partial charge in [-0.05, 0) is 43.5 Å². The first kappa shape index (κ1) is 28.5. The molecule has 1 saturated carbocycles. The molecule has 8 nitrogen and oxygen atoms in total. The molecule has 0 unspecified atom stereocenters. The van der Waals surface area contributed by atoms with E-state index in [2.05, 4.69) is 16.9 Å². The van der Waals surface area contributed by atoms with Gasteiger partial charge in [0.05, 0.1) is 11.3 Å². The van der Waals surface area contributed by atoms with Gasteiger partial charge in [0.2, 0.25) is 5.95 Å². The lowest BCUT2D eigenvalue weighted by Gasteiger charge is -2.36. The molecule has 0 spiro atoms. The topological polar surface area (TPSA) is 116 Å². The summed E-state index contributed by atoms with van der Waals surface area (Å²) in [5.74, 6) is 0.527. The van der Waals surface area contributed by atoms with Crippen molar-refractivity contribution in [2.45, 2.75) is 58.5 Å². The molecule has 2 heterocycles. The molecule has 2 aliphatic rings. The molecule has 2 aromatic rings. The fraction of sp³-hybridized carbons (Fsp3) is 0.577. The summed E-state index contributed by atoms with van der Waals surface area (Å²) in [6.45, 7) is 7.97. The standard InChI is InChI=1S/C18H22FN5O2.C7H14.CH4O/c1-18(2,26)12-3-4-15(13(19)11-12)23-7-9-24(10-8-23)17-21-6-5-14(22-17)16(20)25;1-7-5-3-2-4-6-7;1-2/h3-6,11,26H,7-10H2,1-2H3,(H2,20,25);7H,2-6H2,1H3;2H,1H3. The Bertz CT molecular complexity index is 937. The van der Waals surface area contributed by atoms with Crippen LogP contribution < -0.4 is 15.5 Å². The van der Waals surface area contributed by atoms with Gasteiger partial charge in [-0.3, -0.25) is 4.79 Å². The number of carbonyl (C=O) groups excluding carboxylic acids is 1. The summed E-state index contributed by atoms with van der Waals surface area (Å²) in [4.78, 5) is 23.5. The number of aromatic nitrogens is 2. The number of primary amides is 1. The SMILES string of the molecule is CC(C)(O)c1ccc(N2CCN(c3nccc(C(N)=O)n3)CC2)c(F)c1.CC1CCCCC1.CO. The van der Waals surface area contributed by atoms with Gasteiger partial charge in [-0.15, -0.1) is 0 Å². The number of anilines is 2. The molecular formula is C26H40FN5O3. The van der Waals surface area contributed by atoms with Crippen LogP contribution in [0.2, 0.25) is 0 Å². The van der Waals surface area contributed by atoms with Gasteiger partial charge in [0.25, 0.3) is 5.91 Å². The molecule has 1 aromatic heterocycles. The van der Waals surface area contributed by atoms with E-state index in [-0.39, 0.29) is 11.5 Å². The maximum atomic E-state index is 14.5. The van der Waals surface area contributed by atoms with E-state index in [9.17, 15) is 14.3 Å². The number of amides is 1. The zero-order valence-corrected chi connectivity index (χ0v) is 21.4. The van der Waals surface area contributed by atoms with Crippen molar-refractivity contribution >= 4 is 17.5 Å². The van der Waals surface area contributed by atoms with Gasteiger partial charge in [0, 0.05) is 39.5 Å². The van der Waals surface area contributed by atoms with Gasteiger partial charge in [0.15, 0.2) is 0 Å². The molecule has 9 heteroatoms. The van der Waals surface area contributed by atoms with Gasteiger partial charge in [0.1, 0.15) is 11.5 Å². The zero-order chi connectivity index (χ0) is 26.0. The van der Waals surface area contributed by atoms with E-state index in [1.807, 2.05) is 9.80 Å². The van der Waals surface area contributed by atoms with Gasteiger partial charge in [-0.25, -0.2) is 14.4 Å². The molecule has 0 bridgehead atoms. The lowest BCUT2D eigenvalue weighted by atomic mass is 9.91. The molecule has 1 aromatic carbocycles. The Hall–Kier alpha value is -2.78. The number of rotatable bonds is 4. The number of halogens is 1. The predicted molar refractivity (Wildman–Crippen MR) is 137 cm³/mol. The number of hydrogen-bond acceptors (Lipinski definition) is 7. The smallest absolute Gasteiger partial charge is 0.267 e. The maximum Gasteiger partial charge on any atom is 0.267 e. The molecule has 0 radical (unpaired) electrons. The molecule has 0 atom stereocenters. The van der Waals surface area contributed by atoms with Crippen molar-refractivity contribution in [2.24, 2.45) is 11.7 Å². The number of nitrogens with zero attached hydrogens (tertiary/aromatic N) is 4. The van der Waals surface area contributed by atoms with E-state index in [4.69, 9.17) is 10.8 Å². The summed E-state index contributed by atoms with van der Waals surface area (Å²) in [6, 6.07) is 6.29. The number of hydrogen-bond donors (Lipinski definition) is 3. The first-order valence-electron chi connectivity index (χ1n) is 12.2. The van der Waals surface area contributed by atoms with Crippen LogP contribution in [0.3, 0.4) is 0 Å². The first-order valence-corrected chi connectivity index (χ1v) is 12.2. The Morgan fingerprint density at radius 2 is 1.66 bits per heavy atom. The number of aliphatic hydroxyl groups excluding tert-OH is 1. The van der Waals surface area contributed by atoms with E-state index < -0.39 is 11.5 Å².